The van der Waals surface area contributed by atoms with Crippen LogP contribution < -0.4 is 5.32 Å². The molecule has 1 aliphatic rings. The lowest BCUT2D eigenvalue weighted by Gasteiger charge is -2.28. The maximum absolute atomic E-state index is 13.4. The Kier molecular flexibility index (Phi) is 4.20. The molecule has 0 amide bonds. The molecular weight excluding hydrogens is 242 g/mol. The van der Waals surface area contributed by atoms with E-state index in [0.29, 0.717) is 0 Å². The summed E-state index contributed by atoms with van der Waals surface area (Å²) in [6.45, 7) is 0. The molecule has 94 valence electrons. The predicted molar refractivity (Wildman–Crippen MR) is 67.3 cm³/mol. The zero-order chi connectivity index (χ0) is 12.3. The summed E-state index contributed by atoms with van der Waals surface area (Å²) in [5.41, 5.74) is 0. The number of nitrogens with zero attached hydrogens (tertiary/aromatic N) is 1. The van der Waals surface area contributed by atoms with Crippen LogP contribution in [0, 0.1) is 11.6 Å². The number of thioether (sulfide) groups is 1. The fourth-order valence-corrected chi connectivity index (χ4v) is 2.90. The minimum atomic E-state index is -0.640. The maximum atomic E-state index is 13.4. The van der Waals surface area contributed by atoms with E-state index in [0.717, 1.165) is 43.2 Å². The topological polar surface area (TPSA) is 24.9 Å². The summed E-state index contributed by atoms with van der Waals surface area (Å²) in [5.74, 6) is -1.09. The van der Waals surface area contributed by atoms with Crippen molar-refractivity contribution in [3.05, 3.63) is 23.9 Å². The Balaban J connectivity index is 1.93. The van der Waals surface area contributed by atoms with Gasteiger partial charge in [-0.1, -0.05) is 0 Å². The molecule has 1 N–H and O–H groups in total. The third-order valence-electron chi connectivity index (χ3n) is 3.16. The van der Waals surface area contributed by atoms with Gasteiger partial charge in [-0.2, -0.15) is 11.8 Å². The second kappa shape index (κ2) is 5.67. The summed E-state index contributed by atoms with van der Waals surface area (Å²) in [4.78, 5) is 3.74. The van der Waals surface area contributed by atoms with E-state index in [-0.39, 0.29) is 11.9 Å². The third-order valence-corrected chi connectivity index (χ3v) is 4.29. The average Bonchev–Trinajstić information content (AvgIpc) is 2.34. The van der Waals surface area contributed by atoms with Gasteiger partial charge in [-0.05, 0) is 31.9 Å². The van der Waals surface area contributed by atoms with Gasteiger partial charge in [0.25, 0.3) is 0 Å². The number of nitrogens with one attached hydrogen (secondary N) is 1. The van der Waals surface area contributed by atoms with Crippen molar-refractivity contribution in [2.75, 3.05) is 11.6 Å². The summed E-state index contributed by atoms with van der Waals surface area (Å²) < 4.78 is 26.1. The molecule has 0 bridgehead atoms. The molecule has 2 rings (SSSR count). The first-order valence-electron chi connectivity index (χ1n) is 5.79. The molecular formula is C12H16F2N2S. The molecule has 0 saturated heterocycles. The SMILES string of the molecule is CSC1CCC(Nc2ncc(F)cc2F)CC1. The van der Waals surface area contributed by atoms with Gasteiger partial charge in [0.15, 0.2) is 11.6 Å². The van der Waals surface area contributed by atoms with Gasteiger partial charge < -0.3 is 5.32 Å². The zero-order valence-electron chi connectivity index (χ0n) is 9.75. The highest BCUT2D eigenvalue weighted by molar-refractivity contribution is 7.99. The lowest BCUT2D eigenvalue weighted by molar-refractivity contribution is 0.468. The van der Waals surface area contributed by atoms with Crippen molar-refractivity contribution in [2.45, 2.75) is 37.0 Å². The summed E-state index contributed by atoms with van der Waals surface area (Å²) in [7, 11) is 0. The Morgan fingerprint density at radius 3 is 2.59 bits per heavy atom. The van der Waals surface area contributed by atoms with Crippen LogP contribution in [0.15, 0.2) is 12.3 Å². The number of hydrogen-bond acceptors (Lipinski definition) is 3. The highest BCUT2D eigenvalue weighted by Gasteiger charge is 2.21. The standard InChI is InChI=1S/C12H16F2N2S/c1-17-10-4-2-9(3-5-10)16-12-11(14)6-8(13)7-15-12/h6-7,9-10H,2-5H2,1H3,(H,15,16). The number of aromatic nitrogens is 1. The molecule has 0 atom stereocenters. The molecule has 0 aliphatic heterocycles. The summed E-state index contributed by atoms with van der Waals surface area (Å²) in [6, 6.07) is 1.12. The van der Waals surface area contributed by atoms with Crippen LogP contribution in [-0.2, 0) is 0 Å². The number of hydrogen-bond donors (Lipinski definition) is 1. The molecule has 0 radical (unpaired) electrons. The average molecular weight is 258 g/mol. The van der Waals surface area contributed by atoms with E-state index in [2.05, 4.69) is 16.6 Å². The largest absolute Gasteiger partial charge is 0.365 e. The smallest absolute Gasteiger partial charge is 0.168 e. The molecule has 0 spiro atoms. The summed E-state index contributed by atoms with van der Waals surface area (Å²) in [5, 5.41) is 3.78. The van der Waals surface area contributed by atoms with Crippen molar-refractivity contribution in [1.29, 1.82) is 0 Å². The molecule has 17 heavy (non-hydrogen) atoms. The molecule has 1 aliphatic carbocycles. The number of rotatable bonds is 3. The molecule has 2 nitrogen and oxygen atoms in total. The van der Waals surface area contributed by atoms with Crippen LogP contribution >= 0.6 is 11.8 Å². The molecule has 1 fully saturated rings. The van der Waals surface area contributed by atoms with Gasteiger partial charge in [0, 0.05) is 17.4 Å². The van der Waals surface area contributed by atoms with E-state index in [9.17, 15) is 8.78 Å². The highest BCUT2D eigenvalue weighted by Crippen LogP contribution is 2.28. The van der Waals surface area contributed by atoms with Crippen molar-refractivity contribution in [3.8, 4) is 0 Å². The third kappa shape index (κ3) is 3.31. The minimum absolute atomic E-state index is 0.166. The number of halogens is 2. The Labute approximate surface area is 104 Å². The monoisotopic (exact) mass is 258 g/mol. The normalized spacial score (nSPS) is 24.6. The van der Waals surface area contributed by atoms with E-state index < -0.39 is 11.6 Å². The Hall–Kier alpha value is -0.840. The number of pyridine rings is 1. The molecule has 1 heterocycles. The van der Waals surface area contributed by atoms with Gasteiger partial charge in [0.05, 0.1) is 6.20 Å². The van der Waals surface area contributed by atoms with Crippen LogP contribution in [0.4, 0.5) is 14.6 Å². The van der Waals surface area contributed by atoms with Crippen molar-refractivity contribution in [2.24, 2.45) is 0 Å². The van der Waals surface area contributed by atoms with Gasteiger partial charge in [-0.15, -0.1) is 0 Å². The molecule has 1 aromatic rings. The highest BCUT2D eigenvalue weighted by atomic mass is 32.2. The molecule has 0 unspecified atom stereocenters. The Bertz CT molecular complexity index is 379. The second-order valence-corrected chi connectivity index (χ2v) is 5.48. The Morgan fingerprint density at radius 1 is 1.29 bits per heavy atom. The predicted octanol–water partition coefficient (Wildman–Crippen LogP) is 3.45. The van der Waals surface area contributed by atoms with E-state index >= 15 is 0 Å². The minimum Gasteiger partial charge on any atom is -0.365 e. The zero-order valence-corrected chi connectivity index (χ0v) is 10.6. The first-order valence-corrected chi connectivity index (χ1v) is 7.08. The van der Waals surface area contributed by atoms with Crippen molar-refractivity contribution >= 4 is 17.6 Å². The molecule has 1 aromatic heterocycles. The first-order chi connectivity index (χ1) is 8.19. The van der Waals surface area contributed by atoms with E-state index in [1.165, 1.54) is 0 Å². The lowest BCUT2D eigenvalue weighted by atomic mass is 9.95. The number of anilines is 1. The summed E-state index contributed by atoms with van der Waals surface area (Å²) >= 11 is 1.89. The van der Waals surface area contributed by atoms with Crippen LogP contribution in [0.1, 0.15) is 25.7 Å². The fourth-order valence-electron chi connectivity index (χ4n) is 2.16. The van der Waals surface area contributed by atoms with Gasteiger partial charge in [-0.3, -0.25) is 0 Å². The first kappa shape index (κ1) is 12.6. The molecule has 5 heteroatoms. The van der Waals surface area contributed by atoms with E-state index in [1.54, 1.807) is 0 Å². The van der Waals surface area contributed by atoms with Gasteiger partial charge in [0.2, 0.25) is 0 Å². The molecule has 0 aromatic carbocycles. The van der Waals surface area contributed by atoms with Crippen LogP contribution in [0.25, 0.3) is 0 Å². The van der Waals surface area contributed by atoms with Crippen molar-refractivity contribution < 1.29 is 8.78 Å². The van der Waals surface area contributed by atoms with Crippen LogP contribution in [0.3, 0.4) is 0 Å². The van der Waals surface area contributed by atoms with Gasteiger partial charge in [-0.25, -0.2) is 13.8 Å². The quantitative estimate of drug-likeness (QED) is 0.899. The fraction of sp³-hybridized carbons (Fsp3) is 0.583. The van der Waals surface area contributed by atoms with Gasteiger partial charge in [0.1, 0.15) is 5.82 Å². The van der Waals surface area contributed by atoms with Gasteiger partial charge >= 0.3 is 0 Å². The van der Waals surface area contributed by atoms with E-state index in [4.69, 9.17) is 0 Å². The maximum Gasteiger partial charge on any atom is 0.168 e. The van der Waals surface area contributed by atoms with Crippen molar-refractivity contribution in [1.82, 2.24) is 4.98 Å². The van der Waals surface area contributed by atoms with Crippen LogP contribution in [0.5, 0.6) is 0 Å². The van der Waals surface area contributed by atoms with Crippen molar-refractivity contribution in [3.63, 3.8) is 0 Å². The summed E-state index contributed by atoms with van der Waals surface area (Å²) in [6.07, 6.45) is 7.48. The van der Waals surface area contributed by atoms with Crippen LogP contribution in [0.2, 0.25) is 0 Å². The second-order valence-electron chi connectivity index (χ2n) is 4.34. The molecule has 1 saturated carbocycles. The van der Waals surface area contributed by atoms with E-state index in [1.807, 2.05) is 11.8 Å². The lowest BCUT2D eigenvalue weighted by Crippen LogP contribution is -2.27. The van der Waals surface area contributed by atoms with Crippen LogP contribution in [-0.4, -0.2) is 22.5 Å². The Morgan fingerprint density at radius 2 is 2.00 bits per heavy atom.